The molecule has 0 spiro atoms. The Morgan fingerprint density at radius 3 is 1.32 bits per heavy atom. The molecule has 0 amide bonds. The van der Waals surface area contributed by atoms with E-state index in [1.807, 2.05) is 24.3 Å². The highest BCUT2D eigenvalue weighted by Crippen LogP contribution is 2.47. The van der Waals surface area contributed by atoms with E-state index in [1.54, 1.807) is 0 Å². The molecule has 0 radical (unpaired) electrons. The monoisotopic (exact) mass is 905 g/mol. The van der Waals surface area contributed by atoms with Crippen LogP contribution in [-0.4, -0.2) is 98.3 Å². The van der Waals surface area contributed by atoms with Gasteiger partial charge in [-0.1, -0.05) is 136 Å². The van der Waals surface area contributed by atoms with Gasteiger partial charge < -0.3 is 39.9 Å². The first kappa shape index (κ1) is 57.5. The lowest BCUT2D eigenvalue weighted by atomic mass is 9.85. The Kier molecular flexibility index (Phi) is 34.6. The molecule has 0 aromatic carbocycles. The molecule has 14 heteroatoms. The molecule has 356 valence electrons. The van der Waals surface area contributed by atoms with E-state index >= 15 is 0 Å². The van der Waals surface area contributed by atoms with Gasteiger partial charge in [0.2, 0.25) is 0 Å². The molecule has 6 unspecified atom stereocenters. The maximum atomic E-state index is 12.8. The van der Waals surface area contributed by atoms with Crippen molar-refractivity contribution in [2.24, 2.45) is 0 Å². The van der Waals surface area contributed by atoms with Crippen LogP contribution in [0.1, 0.15) is 129 Å². The lowest BCUT2D eigenvalue weighted by Gasteiger charge is -2.41. The first-order valence-electron chi connectivity index (χ1n) is 22.7. The number of phosphoric ester groups is 1. The van der Waals surface area contributed by atoms with Crippen LogP contribution in [-0.2, 0) is 32.7 Å². The van der Waals surface area contributed by atoms with Crippen LogP contribution >= 0.6 is 7.82 Å². The molecule has 0 heterocycles. The molecule has 13 nitrogen and oxygen atoms in total. The topological polar surface area (TPSA) is 210 Å². The van der Waals surface area contributed by atoms with Crippen LogP contribution in [0.2, 0.25) is 0 Å². The Balaban J connectivity index is 2.57. The number of ether oxygens (including phenoxy) is 2. The molecule has 1 saturated carbocycles. The highest BCUT2D eigenvalue weighted by atomic mass is 31.2. The van der Waals surface area contributed by atoms with E-state index in [0.29, 0.717) is 25.7 Å². The minimum atomic E-state index is -5.15. The summed E-state index contributed by atoms with van der Waals surface area (Å²) in [6, 6.07) is 0. The predicted molar refractivity (Wildman–Crippen MR) is 248 cm³/mol. The molecule has 0 aliphatic heterocycles. The Labute approximate surface area is 376 Å². The van der Waals surface area contributed by atoms with Crippen molar-refractivity contribution in [3.8, 4) is 0 Å². The minimum absolute atomic E-state index is 0.000316. The van der Waals surface area contributed by atoms with Gasteiger partial charge in [0.1, 0.15) is 43.2 Å². The SMILES string of the molecule is CC/C=C/C/C=C/C/C=C/C/C=C/C/C=C/CCCC(=O)O[C@@H](COC(=O)CCC/C=C/C/C=C/C/C=C/C/C=C/CCCCC)COP(=O)(O)OC1C(O)C(O)C(O)[C@H](O)C1O. The molecule has 6 N–H and O–H groups in total. The van der Waals surface area contributed by atoms with E-state index < -0.39 is 75.7 Å². The zero-order valence-corrected chi connectivity index (χ0v) is 38.5. The molecular weight excluding hydrogens is 828 g/mol. The van der Waals surface area contributed by atoms with Crippen LogP contribution in [0.4, 0.5) is 0 Å². The first-order chi connectivity index (χ1) is 30.4. The molecule has 8 atom stereocenters. The normalized spacial score (nSPS) is 22.7. The van der Waals surface area contributed by atoms with Crippen molar-refractivity contribution in [1.82, 2.24) is 0 Å². The number of hydrogen-bond acceptors (Lipinski definition) is 12. The third-order valence-electron chi connectivity index (χ3n) is 9.60. The van der Waals surface area contributed by atoms with E-state index in [0.717, 1.165) is 57.8 Å². The fourth-order valence-corrected chi connectivity index (χ4v) is 6.93. The van der Waals surface area contributed by atoms with Gasteiger partial charge in [-0.15, -0.1) is 0 Å². The number of esters is 2. The molecular formula is C49H77O13P. The van der Waals surface area contributed by atoms with Crippen LogP contribution in [0.5, 0.6) is 0 Å². The molecule has 0 aromatic heterocycles. The summed E-state index contributed by atoms with van der Waals surface area (Å²) in [7, 11) is -5.15. The number of carbonyl (C=O) groups excluding carboxylic acids is 2. The molecule has 63 heavy (non-hydrogen) atoms. The summed E-state index contributed by atoms with van der Waals surface area (Å²) in [5.74, 6) is -1.25. The van der Waals surface area contributed by atoms with Gasteiger partial charge >= 0.3 is 19.8 Å². The minimum Gasteiger partial charge on any atom is -0.462 e. The van der Waals surface area contributed by atoms with E-state index in [4.69, 9.17) is 18.5 Å². The van der Waals surface area contributed by atoms with Crippen molar-refractivity contribution in [2.45, 2.75) is 172 Å². The Morgan fingerprint density at radius 1 is 0.508 bits per heavy atom. The number of carbonyl (C=O) groups is 2. The number of phosphoric acid groups is 1. The molecule has 0 bridgehead atoms. The van der Waals surface area contributed by atoms with E-state index in [2.05, 4.69) is 98.9 Å². The van der Waals surface area contributed by atoms with Gasteiger partial charge in [0.05, 0.1) is 6.61 Å². The van der Waals surface area contributed by atoms with Crippen molar-refractivity contribution >= 4 is 19.8 Å². The lowest BCUT2D eigenvalue weighted by Crippen LogP contribution is -2.64. The van der Waals surface area contributed by atoms with E-state index in [9.17, 15) is 44.6 Å². The third kappa shape index (κ3) is 30.3. The van der Waals surface area contributed by atoms with Crippen LogP contribution in [0.15, 0.2) is 109 Å². The second kappa shape index (κ2) is 37.8. The number of allylic oxidation sites excluding steroid dienone is 18. The van der Waals surface area contributed by atoms with Crippen LogP contribution < -0.4 is 0 Å². The van der Waals surface area contributed by atoms with Crippen LogP contribution in [0, 0.1) is 0 Å². The smallest absolute Gasteiger partial charge is 0.462 e. The molecule has 0 saturated heterocycles. The molecule has 1 aliphatic carbocycles. The average molecular weight is 905 g/mol. The highest BCUT2D eigenvalue weighted by Gasteiger charge is 2.51. The number of unbranched alkanes of at least 4 members (excludes halogenated alkanes) is 5. The van der Waals surface area contributed by atoms with Crippen molar-refractivity contribution in [1.29, 1.82) is 0 Å². The van der Waals surface area contributed by atoms with Crippen molar-refractivity contribution in [2.75, 3.05) is 13.2 Å². The number of hydrogen-bond donors (Lipinski definition) is 6. The average Bonchev–Trinajstić information content (AvgIpc) is 3.26. The summed E-state index contributed by atoms with van der Waals surface area (Å²) < 4.78 is 33.4. The van der Waals surface area contributed by atoms with Crippen molar-refractivity contribution in [3.63, 3.8) is 0 Å². The Bertz CT molecular complexity index is 1510. The fourth-order valence-electron chi connectivity index (χ4n) is 5.96. The summed E-state index contributed by atoms with van der Waals surface area (Å²) in [6.45, 7) is 3.04. The lowest BCUT2D eigenvalue weighted by molar-refractivity contribution is -0.220. The zero-order valence-electron chi connectivity index (χ0n) is 37.6. The summed E-state index contributed by atoms with van der Waals surface area (Å²) in [5.41, 5.74) is 0. The summed E-state index contributed by atoms with van der Waals surface area (Å²) in [6.07, 6.45) is 38.7. The Morgan fingerprint density at radius 2 is 0.889 bits per heavy atom. The van der Waals surface area contributed by atoms with Crippen molar-refractivity contribution < 1.29 is 63.1 Å². The molecule has 0 aromatic rings. The maximum absolute atomic E-state index is 12.8. The van der Waals surface area contributed by atoms with E-state index in [-0.39, 0.29) is 12.8 Å². The summed E-state index contributed by atoms with van der Waals surface area (Å²) in [4.78, 5) is 35.6. The second-order valence-corrected chi connectivity index (χ2v) is 16.6. The van der Waals surface area contributed by atoms with Crippen LogP contribution in [0.25, 0.3) is 0 Å². The summed E-state index contributed by atoms with van der Waals surface area (Å²) >= 11 is 0. The quantitative estimate of drug-likeness (QED) is 0.0152. The standard InChI is InChI=1S/C49H77O13P/c1-3-5-7-9-11-13-15-17-19-21-23-25-27-29-31-33-35-37-42(50)59-39-41(40-60-63(57,58)62-49-47(55)45(53)44(52)46(54)48(49)56)61-43(51)38-36-34-32-30-28-26-24-22-20-18-16-14-12-10-8-6-4-2/h6,8,11-14,17-20,23-26,29-32,41,44-49,52-56H,3-5,7,9-10,15-16,21-22,27-28,33-40H2,1-2H3,(H,57,58)/b8-6+,13-11+,14-12+,19-17+,20-18+,25-23+,26-24+,31-29+,32-30+/t41-,44?,45-,46?,47?,48?,49?/m0/s1. The van der Waals surface area contributed by atoms with Gasteiger partial charge in [0, 0.05) is 12.8 Å². The first-order valence-corrected chi connectivity index (χ1v) is 24.2. The molecule has 1 fully saturated rings. The predicted octanol–water partition coefficient (Wildman–Crippen LogP) is 8.83. The second-order valence-electron chi connectivity index (χ2n) is 15.2. The van der Waals surface area contributed by atoms with Gasteiger partial charge in [0.15, 0.2) is 6.10 Å². The Hall–Kier alpha value is -3.49. The largest absolute Gasteiger partial charge is 0.472 e. The maximum Gasteiger partial charge on any atom is 0.472 e. The molecule has 1 rings (SSSR count). The zero-order chi connectivity index (χ0) is 46.4. The third-order valence-corrected chi connectivity index (χ3v) is 10.6. The number of rotatable bonds is 35. The fraction of sp³-hybridized carbons (Fsp3) is 0.592. The number of aliphatic hydroxyl groups is 5. The molecule has 1 aliphatic rings. The van der Waals surface area contributed by atoms with Crippen molar-refractivity contribution in [3.05, 3.63) is 109 Å². The highest BCUT2D eigenvalue weighted by molar-refractivity contribution is 7.47. The van der Waals surface area contributed by atoms with Gasteiger partial charge in [-0.3, -0.25) is 18.6 Å². The van der Waals surface area contributed by atoms with Gasteiger partial charge in [-0.25, -0.2) is 4.57 Å². The van der Waals surface area contributed by atoms with Gasteiger partial charge in [-0.05, 0) is 89.9 Å². The van der Waals surface area contributed by atoms with Crippen LogP contribution in [0.3, 0.4) is 0 Å². The van der Waals surface area contributed by atoms with Gasteiger partial charge in [-0.2, -0.15) is 0 Å². The summed E-state index contributed by atoms with van der Waals surface area (Å²) in [5, 5.41) is 50.1. The van der Waals surface area contributed by atoms with E-state index in [1.165, 1.54) is 19.3 Å². The van der Waals surface area contributed by atoms with Gasteiger partial charge in [0.25, 0.3) is 0 Å². The number of aliphatic hydroxyl groups excluding tert-OH is 5.